The number of aryl methyl sites for hydroxylation is 2. The van der Waals surface area contributed by atoms with Crippen LogP contribution in [-0.4, -0.2) is 48.0 Å². The van der Waals surface area contributed by atoms with Gasteiger partial charge in [0.25, 0.3) is 5.91 Å². The quantitative estimate of drug-likeness (QED) is 0.701. The summed E-state index contributed by atoms with van der Waals surface area (Å²) < 4.78 is 6.02. The van der Waals surface area contributed by atoms with Gasteiger partial charge in [0.05, 0.1) is 17.0 Å². The zero-order valence-corrected chi connectivity index (χ0v) is 17.7. The average molecular weight is 406 g/mol. The van der Waals surface area contributed by atoms with Crippen LogP contribution < -0.4 is 5.43 Å². The maximum atomic E-state index is 13.5. The minimum absolute atomic E-state index is 0.124. The molecule has 0 spiro atoms. The summed E-state index contributed by atoms with van der Waals surface area (Å²) in [6.45, 7) is 5.24. The topological polar surface area (TPSA) is 74.0 Å². The second-order valence-corrected chi connectivity index (χ2v) is 8.26. The minimum atomic E-state index is -0.530. The largest absolute Gasteiger partial charge is 0.508 e. The number of hydrogen-bond donors (Lipinski definition) is 1. The fraction of sp³-hybridized carbons (Fsp3) is 0.333. The molecule has 4 rings (SSSR count). The molecule has 0 fully saturated rings. The molecule has 1 amide bonds. The fourth-order valence-electron chi connectivity index (χ4n) is 4.07. The Morgan fingerprint density at radius 1 is 1.07 bits per heavy atom. The first-order valence-corrected chi connectivity index (χ1v) is 10.1. The Kier molecular flexibility index (Phi) is 5.12. The molecule has 1 aliphatic rings. The van der Waals surface area contributed by atoms with Gasteiger partial charge in [0.15, 0.2) is 5.43 Å². The smallest absolute Gasteiger partial charge is 0.290 e. The van der Waals surface area contributed by atoms with Crippen LogP contribution in [0.25, 0.3) is 11.0 Å². The van der Waals surface area contributed by atoms with Crippen LogP contribution in [0.2, 0.25) is 0 Å². The van der Waals surface area contributed by atoms with Gasteiger partial charge in [-0.05, 0) is 81.9 Å². The van der Waals surface area contributed by atoms with Gasteiger partial charge in [-0.15, -0.1) is 0 Å². The van der Waals surface area contributed by atoms with Crippen LogP contribution in [0.1, 0.15) is 45.3 Å². The molecule has 0 aliphatic carbocycles. The summed E-state index contributed by atoms with van der Waals surface area (Å²) in [6, 6.07) is 9.79. The molecule has 1 atom stereocenters. The second kappa shape index (κ2) is 7.61. The number of nitrogens with zero attached hydrogens (tertiary/aromatic N) is 2. The molecule has 156 valence electrons. The SMILES string of the molecule is Cc1cc2oc3c(c(=O)c2cc1C)[C@@H](c1ccc(O)cc1)N(CCCN(C)C)C3=O. The number of phenolic OH excluding ortho intramolecular Hbond substituents is 1. The lowest BCUT2D eigenvalue weighted by Gasteiger charge is -2.25. The summed E-state index contributed by atoms with van der Waals surface area (Å²) in [7, 11) is 3.97. The highest BCUT2D eigenvalue weighted by Crippen LogP contribution is 2.38. The summed E-state index contributed by atoms with van der Waals surface area (Å²) in [4.78, 5) is 30.6. The predicted octanol–water partition coefficient (Wildman–Crippen LogP) is 3.61. The number of hydrogen-bond acceptors (Lipinski definition) is 5. The van der Waals surface area contributed by atoms with E-state index in [-0.39, 0.29) is 22.8 Å². The number of carbonyl (C=O) groups excluding carboxylic acids is 1. The first-order chi connectivity index (χ1) is 14.3. The molecule has 6 heteroatoms. The summed E-state index contributed by atoms with van der Waals surface area (Å²) in [5.74, 6) is -0.00293. The van der Waals surface area contributed by atoms with Crippen molar-refractivity contribution >= 4 is 16.9 Å². The number of aromatic hydroxyl groups is 1. The van der Waals surface area contributed by atoms with Gasteiger partial charge in [-0.2, -0.15) is 0 Å². The van der Waals surface area contributed by atoms with Crippen molar-refractivity contribution in [3.8, 4) is 5.75 Å². The Hall–Kier alpha value is -3.12. The maximum absolute atomic E-state index is 13.5. The van der Waals surface area contributed by atoms with Crippen molar-refractivity contribution in [1.82, 2.24) is 9.80 Å². The van der Waals surface area contributed by atoms with Crippen molar-refractivity contribution in [2.75, 3.05) is 27.2 Å². The molecule has 3 aromatic rings. The molecule has 1 aromatic heterocycles. The van der Waals surface area contributed by atoms with Gasteiger partial charge >= 0.3 is 0 Å². The molecule has 2 aromatic carbocycles. The molecule has 1 aliphatic heterocycles. The Bertz CT molecular complexity index is 1180. The standard InChI is InChI=1S/C24H26N2O4/c1-14-12-18-19(13-15(14)2)30-23-20(22(18)28)21(16-6-8-17(27)9-7-16)26(24(23)29)11-5-10-25(3)4/h6-9,12-13,21,27H,5,10-11H2,1-4H3/t21-/m1/s1. The molecule has 0 saturated carbocycles. The molecule has 6 nitrogen and oxygen atoms in total. The minimum Gasteiger partial charge on any atom is -0.508 e. The first-order valence-electron chi connectivity index (χ1n) is 10.1. The normalized spacial score (nSPS) is 16.0. The maximum Gasteiger partial charge on any atom is 0.290 e. The fourth-order valence-corrected chi connectivity index (χ4v) is 4.07. The van der Waals surface area contributed by atoms with Gasteiger partial charge in [-0.25, -0.2) is 0 Å². The zero-order chi connectivity index (χ0) is 21.6. The summed E-state index contributed by atoms with van der Waals surface area (Å²) in [5.41, 5.74) is 3.44. The Balaban J connectivity index is 1.90. The summed E-state index contributed by atoms with van der Waals surface area (Å²) >= 11 is 0. The van der Waals surface area contributed by atoms with Crippen molar-refractivity contribution in [2.24, 2.45) is 0 Å². The molecular formula is C24H26N2O4. The molecular weight excluding hydrogens is 380 g/mol. The molecule has 0 unspecified atom stereocenters. The summed E-state index contributed by atoms with van der Waals surface area (Å²) in [6.07, 6.45) is 0.771. The number of carbonyl (C=O) groups is 1. The van der Waals surface area contributed by atoms with Gasteiger partial charge in [-0.3, -0.25) is 9.59 Å². The number of phenols is 1. The Morgan fingerprint density at radius 3 is 2.40 bits per heavy atom. The van der Waals surface area contributed by atoms with Crippen LogP contribution >= 0.6 is 0 Å². The highest BCUT2D eigenvalue weighted by molar-refractivity contribution is 5.99. The Morgan fingerprint density at radius 2 is 1.73 bits per heavy atom. The van der Waals surface area contributed by atoms with E-state index in [1.165, 1.54) is 0 Å². The van der Waals surface area contributed by atoms with Gasteiger partial charge < -0.3 is 19.3 Å². The molecule has 30 heavy (non-hydrogen) atoms. The Labute approximate surface area is 175 Å². The number of rotatable bonds is 5. The highest BCUT2D eigenvalue weighted by atomic mass is 16.3. The van der Waals surface area contributed by atoms with Gasteiger partial charge in [0.2, 0.25) is 5.76 Å². The lowest BCUT2D eigenvalue weighted by atomic mass is 9.97. The molecule has 0 saturated heterocycles. The summed E-state index contributed by atoms with van der Waals surface area (Å²) in [5, 5.41) is 10.2. The van der Waals surface area contributed by atoms with E-state index in [0.717, 1.165) is 29.7 Å². The van der Waals surface area contributed by atoms with Crippen LogP contribution in [0.5, 0.6) is 5.75 Å². The van der Waals surface area contributed by atoms with Gasteiger partial charge in [0, 0.05) is 6.54 Å². The van der Waals surface area contributed by atoms with E-state index in [1.54, 1.807) is 29.2 Å². The van der Waals surface area contributed by atoms with Crippen molar-refractivity contribution in [3.05, 3.63) is 74.6 Å². The van der Waals surface area contributed by atoms with Crippen LogP contribution in [0.4, 0.5) is 0 Å². The van der Waals surface area contributed by atoms with Crippen molar-refractivity contribution in [2.45, 2.75) is 26.3 Å². The zero-order valence-electron chi connectivity index (χ0n) is 17.7. The van der Waals surface area contributed by atoms with Crippen molar-refractivity contribution in [3.63, 3.8) is 0 Å². The predicted molar refractivity (Wildman–Crippen MR) is 116 cm³/mol. The van der Waals surface area contributed by atoms with E-state index >= 15 is 0 Å². The number of benzene rings is 2. The van der Waals surface area contributed by atoms with E-state index in [2.05, 4.69) is 4.90 Å². The lowest BCUT2D eigenvalue weighted by molar-refractivity contribution is 0.0722. The molecule has 2 heterocycles. The monoisotopic (exact) mass is 406 g/mol. The van der Waals surface area contributed by atoms with Crippen molar-refractivity contribution < 1.29 is 14.3 Å². The molecule has 0 bridgehead atoms. The van der Waals surface area contributed by atoms with E-state index in [9.17, 15) is 14.7 Å². The van der Waals surface area contributed by atoms with E-state index in [4.69, 9.17) is 4.42 Å². The van der Waals surface area contributed by atoms with E-state index in [0.29, 0.717) is 23.1 Å². The molecule has 1 N–H and O–H groups in total. The van der Waals surface area contributed by atoms with Crippen LogP contribution in [0, 0.1) is 13.8 Å². The molecule has 0 radical (unpaired) electrons. The van der Waals surface area contributed by atoms with E-state index in [1.807, 2.05) is 40.1 Å². The third-order valence-corrected chi connectivity index (χ3v) is 5.80. The first kappa shape index (κ1) is 20.2. The van der Waals surface area contributed by atoms with Gasteiger partial charge in [-0.1, -0.05) is 12.1 Å². The second-order valence-electron chi connectivity index (χ2n) is 8.26. The number of fused-ring (bicyclic) bond motifs is 2. The third-order valence-electron chi connectivity index (χ3n) is 5.80. The van der Waals surface area contributed by atoms with Crippen LogP contribution in [-0.2, 0) is 0 Å². The van der Waals surface area contributed by atoms with E-state index < -0.39 is 6.04 Å². The lowest BCUT2D eigenvalue weighted by Crippen LogP contribution is -2.32. The van der Waals surface area contributed by atoms with Crippen molar-refractivity contribution in [1.29, 1.82) is 0 Å². The van der Waals surface area contributed by atoms with Gasteiger partial charge in [0.1, 0.15) is 11.3 Å². The van der Waals surface area contributed by atoms with Crippen LogP contribution in [0.3, 0.4) is 0 Å². The average Bonchev–Trinajstić information content (AvgIpc) is 2.97. The van der Waals surface area contributed by atoms with Crippen LogP contribution in [0.15, 0.2) is 45.6 Å². The number of amides is 1. The highest BCUT2D eigenvalue weighted by Gasteiger charge is 2.42. The third kappa shape index (κ3) is 3.37.